The fraction of sp³-hybridized carbons (Fsp3) is 0.231. The minimum absolute atomic E-state index is 0.112. The second kappa shape index (κ2) is 5.01. The Kier molecular flexibility index (Phi) is 3.44. The molecule has 2 rings (SSSR count). The Morgan fingerprint density at radius 1 is 1.24 bits per heavy atom. The Morgan fingerprint density at radius 2 is 2.00 bits per heavy atom. The monoisotopic (exact) mass is 235 g/mol. The predicted octanol–water partition coefficient (Wildman–Crippen LogP) is 2.83. The lowest BCUT2D eigenvalue weighted by Crippen LogP contribution is -1.99. The third-order valence-electron chi connectivity index (χ3n) is 2.38. The average molecular weight is 235 g/mol. The maximum absolute atomic E-state index is 13.1. The van der Waals surface area contributed by atoms with E-state index >= 15 is 0 Å². The van der Waals surface area contributed by atoms with Crippen molar-refractivity contribution in [1.82, 2.24) is 0 Å². The molecule has 1 aromatic carbocycles. The van der Waals surface area contributed by atoms with Crippen LogP contribution in [0.4, 0.5) is 10.1 Å². The summed E-state index contributed by atoms with van der Waals surface area (Å²) in [7, 11) is 0. The van der Waals surface area contributed by atoms with Gasteiger partial charge in [0.2, 0.25) is 0 Å². The number of halogens is 1. The quantitative estimate of drug-likeness (QED) is 0.856. The van der Waals surface area contributed by atoms with E-state index in [-0.39, 0.29) is 12.4 Å². The lowest BCUT2D eigenvalue weighted by Gasteiger charge is -2.05. The number of aliphatic hydroxyl groups excluding tert-OH is 1. The van der Waals surface area contributed by atoms with E-state index in [1.54, 1.807) is 12.1 Å². The van der Waals surface area contributed by atoms with Crippen LogP contribution >= 0.6 is 0 Å². The zero-order valence-corrected chi connectivity index (χ0v) is 9.53. The van der Waals surface area contributed by atoms with Crippen LogP contribution in [0.2, 0.25) is 0 Å². The molecule has 0 atom stereocenters. The summed E-state index contributed by atoms with van der Waals surface area (Å²) in [6.07, 6.45) is 0. The normalized spacial score (nSPS) is 10.5. The van der Waals surface area contributed by atoms with Crippen molar-refractivity contribution in [3.8, 4) is 0 Å². The Bertz CT molecular complexity index is 488. The van der Waals surface area contributed by atoms with Crippen molar-refractivity contribution < 1.29 is 13.9 Å². The number of furan rings is 1. The first kappa shape index (κ1) is 11.7. The fourth-order valence-electron chi connectivity index (χ4n) is 1.63. The number of hydrogen-bond acceptors (Lipinski definition) is 3. The Labute approximate surface area is 98.9 Å². The zero-order chi connectivity index (χ0) is 12.3. The highest BCUT2D eigenvalue weighted by Gasteiger charge is 2.02. The highest BCUT2D eigenvalue weighted by Crippen LogP contribution is 2.15. The van der Waals surface area contributed by atoms with E-state index in [9.17, 15) is 4.39 Å². The summed E-state index contributed by atoms with van der Waals surface area (Å²) >= 11 is 0. The van der Waals surface area contributed by atoms with Gasteiger partial charge in [0.25, 0.3) is 0 Å². The largest absolute Gasteiger partial charge is 0.462 e. The molecule has 4 heteroatoms. The van der Waals surface area contributed by atoms with E-state index < -0.39 is 0 Å². The van der Waals surface area contributed by atoms with Crippen molar-refractivity contribution >= 4 is 5.69 Å². The SMILES string of the molecule is Cc1cc(F)cc(NCc2ccc(CO)o2)c1. The first-order valence-corrected chi connectivity index (χ1v) is 5.37. The van der Waals surface area contributed by atoms with Crippen LogP contribution in [-0.4, -0.2) is 5.11 Å². The molecule has 0 unspecified atom stereocenters. The van der Waals surface area contributed by atoms with Gasteiger partial charge in [0.1, 0.15) is 23.9 Å². The molecule has 90 valence electrons. The van der Waals surface area contributed by atoms with Crippen LogP contribution in [0.1, 0.15) is 17.1 Å². The predicted molar refractivity (Wildman–Crippen MR) is 63.1 cm³/mol. The first-order valence-electron chi connectivity index (χ1n) is 5.37. The first-order chi connectivity index (χ1) is 8.17. The van der Waals surface area contributed by atoms with Gasteiger partial charge in [0, 0.05) is 5.69 Å². The highest BCUT2D eigenvalue weighted by atomic mass is 19.1. The molecule has 0 amide bonds. The molecule has 0 bridgehead atoms. The van der Waals surface area contributed by atoms with Crippen LogP contribution in [-0.2, 0) is 13.2 Å². The molecule has 2 aromatic rings. The minimum atomic E-state index is -0.261. The molecule has 1 aromatic heterocycles. The molecular weight excluding hydrogens is 221 g/mol. The van der Waals surface area contributed by atoms with Crippen LogP contribution in [0.3, 0.4) is 0 Å². The van der Waals surface area contributed by atoms with Crippen molar-refractivity contribution in [3.63, 3.8) is 0 Å². The minimum Gasteiger partial charge on any atom is -0.462 e. The van der Waals surface area contributed by atoms with Gasteiger partial charge in [-0.25, -0.2) is 4.39 Å². The number of rotatable bonds is 4. The molecule has 0 fully saturated rings. The van der Waals surface area contributed by atoms with E-state index in [1.165, 1.54) is 12.1 Å². The van der Waals surface area contributed by atoms with Crippen molar-refractivity contribution in [2.75, 3.05) is 5.32 Å². The van der Waals surface area contributed by atoms with Gasteiger partial charge in [0.15, 0.2) is 0 Å². The third kappa shape index (κ3) is 3.07. The Balaban J connectivity index is 2.01. The summed E-state index contributed by atoms with van der Waals surface area (Å²) in [5, 5.41) is 11.9. The molecular formula is C13H14FNO2. The molecule has 0 spiro atoms. The average Bonchev–Trinajstić information content (AvgIpc) is 2.73. The molecule has 1 heterocycles. The van der Waals surface area contributed by atoms with Crippen molar-refractivity contribution in [1.29, 1.82) is 0 Å². The van der Waals surface area contributed by atoms with E-state index in [2.05, 4.69) is 5.32 Å². The van der Waals surface area contributed by atoms with Crippen LogP contribution in [0.25, 0.3) is 0 Å². The second-order valence-corrected chi connectivity index (χ2v) is 3.90. The van der Waals surface area contributed by atoms with Gasteiger partial charge in [-0.15, -0.1) is 0 Å². The number of benzene rings is 1. The second-order valence-electron chi connectivity index (χ2n) is 3.90. The lowest BCUT2D eigenvalue weighted by molar-refractivity contribution is 0.244. The zero-order valence-electron chi connectivity index (χ0n) is 9.53. The summed E-state index contributed by atoms with van der Waals surface area (Å²) in [5.41, 5.74) is 1.58. The summed E-state index contributed by atoms with van der Waals surface area (Å²) < 4.78 is 18.4. The fourth-order valence-corrected chi connectivity index (χ4v) is 1.63. The maximum Gasteiger partial charge on any atom is 0.129 e. The third-order valence-corrected chi connectivity index (χ3v) is 2.38. The van der Waals surface area contributed by atoms with Crippen LogP contribution in [0, 0.1) is 12.7 Å². The van der Waals surface area contributed by atoms with Gasteiger partial charge in [-0.2, -0.15) is 0 Å². The summed E-state index contributed by atoms with van der Waals surface area (Å²) in [6.45, 7) is 2.19. The highest BCUT2D eigenvalue weighted by molar-refractivity contribution is 5.46. The summed E-state index contributed by atoms with van der Waals surface area (Å²) in [6, 6.07) is 8.27. The number of aryl methyl sites for hydroxylation is 1. The molecule has 0 radical (unpaired) electrons. The van der Waals surface area contributed by atoms with Crippen molar-refractivity contribution in [3.05, 3.63) is 53.2 Å². The van der Waals surface area contributed by atoms with E-state index in [1.807, 2.05) is 13.0 Å². The van der Waals surface area contributed by atoms with E-state index in [4.69, 9.17) is 9.52 Å². The molecule has 3 nitrogen and oxygen atoms in total. The smallest absolute Gasteiger partial charge is 0.129 e. The van der Waals surface area contributed by atoms with Gasteiger partial charge in [-0.05, 0) is 42.8 Å². The van der Waals surface area contributed by atoms with Gasteiger partial charge >= 0.3 is 0 Å². The summed E-state index contributed by atoms with van der Waals surface area (Å²) in [5.74, 6) is 0.969. The Hall–Kier alpha value is -1.81. The topological polar surface area (TPSA) is 45.4 Å². The number of anilines is 1. The van der Waals surface area contributed by atoms with Crippen LogP contribution in [0.15, 0.2) is 34.7 Å². The molecule has 17 heavy (non-hydrogen) atoms. The van der Waals surface area contributed by atoms with Crippen LogP contribution in [0.5, 0.6) is 0 Å². The molecule has 2 N–H and O–H groups in total. The van der Waals surface area contributed by atoms with Gasteiger partial charge in [-0.1, -0.05) is 0 Å². The van der Waals surface area contributed by atoms with Crippen molar-refractivity contribution in [2.45, 2.75) is 20.1 Å². The van der Waals surface area contributed by atoms with Gasteiger partial charge in [0.05, 0.1) is 6.54 Å². The molecule has 0 aliphatic carbocycles. The summed E-state index contributed by atoms with van der Waals surface area (Å²) in [4.78, 5) is 0. The van der Waals surface area contributed by atoms with Crippen molar-refractivity contribution in [2.24, 2.45) is 0 Å². The number of nitrogens with one attached hydrogen (secondary N) is 1. The number of aliphatic hydroxyl groups is 1. The van der Waals surface area contributed by atoms with Crippen LogP contribution < -0.4 is 5.32 Å². The van der Waals surface area contributed by atoms with Gasteiger partial charge < -0.3 is 14.8 Å². The number of hydrogen-bond donors (Lipinski definition) is 2. The molecule has 0 saturated heterocycles. The molecule has 0 aliphatic rings. The van der Waals surface area contributed by atoms with E-state index in [0.717, 1.165) is 5.56 Å². The van der Waals surface area contributed by atoms with E-state index in [0.29, 0.717) is 23.8 Å². The molecule has 0 aliphatic heterocycles. The Morgan fingerprint density at radius 3 is 2.65 bits per heavy atom. The molecule has 0 saturated carbocycles. The standard InChI is InChI=1S/C13H14FNO2/c1-9-4-10(14)6-11(5-9)15-7-12-2-3-13(8-16)17-12/h2-6,15-16H,7-8H2,1H3. The maximum atomic E-state index is 13.1. The lowest BCUT2D eigenvalue weighted by atomic mass is 10.2. The van der Waals surface area contributed by atoms with Gasteiger partial charge in [-0.3, -0.25) is 0 Å².